The van der Waals surface area contributed by atoms with Crippen molar-refractivity contribution in [3.63, 3.8) is 0 Å². The molecular weight excluding hydrogens is 545 g/mol. The molecular formula is C28H38Cl3N5O2. The van der Waals surface area contributed by atoms with Gasteiger partial charge < -0.3 is 19.9 Å². The number of piperidine rings is 2. The quantitative estimate of drug-likeness (QED) is 0.388. The van der Waals surface area contributed by atoms with Gasteiger partial charge >= 0.3 is 6.09 Å². The van der Waals surface area contributed by atoms with E-state index in [1.165, 1.54) is 6.42 Å². The standard InChI is InChI=1S/C28H38Cl3N5O2/c1-17(22-9-8-21(29)15-23(22)30)32-25-24(31)18(2)33-26(34-25)36-12-6-7-20(16-36)19-10-13-35(14-11-19)27(37)38-28(3,4)5/h8-9,15,17,19-20H,6-7,10-14,16H2,1-5H3,(H,32,33,34)/t17-,20?/m1/s1. The Labute approximate surface area is 241 Å². The molecule has 2 aromatic rings. The first kappa shape index (κ1) is 29.0. The van der Waals surface area contributed by atoms with Crippen molar-refractivity contribution in [3.8, 4) is 0 Å². The molecule has 2 atom stereocenters. The Balaban J connectivity index is 1.42. The number of carbonyl (C=O) groups excluding carboxylic acids is 1. The lowest BCUT2D eigenvalue weighted by Crippen LogP contribution is -2.45. The van der Waals surface area contributed by atoms with E-state index in [1.807, 2.05) is 51.7 Å². The number of aryl methyl sites for hydroxylation is 1. The molecule has 2 fully saturated rings. The van der Waals surface area contributed by atoms with Crippen LogP contribution >= 0.6 is 34.8 Å². The van der Waals surface area contributed by atoms with Crippen LogP contribution in [0.2, 0.25) is 15.1 Å². The molecule has 0 saturated carbocycles. The number of anilines is 2. The molecule has 38 heavy (non-hydrogen) atoms. The van der Waals surface area contributed by atoms with Gasteiger partial charge in [-0.15, -0.1) is 0 Å². The number of rotatable bonds is 5. The molecule has 1 unspecified atom stereocenters. The van der Waals surface area contributed by atoms with Crippen LogP contribution in [0.1, 0.15) is 70.7 Å². The molecule has 2 aliphatic rings. The van der Waals surface area contributed by atoms with Crippen LogP contribution in [0.25, 0.3) is 0 Å². The van der Waals surface area contributed by atoms with E-state index in [1.54, 1.807) is 6.07 Å². The Kier molecular flexibility index (Phi) is 9.21. The largest absolute Gasteiger partial charge is 0.444 e. The van der Waals surface area contributed by atoms with Crippen LogP contribution in [0.4, 0.5) is 16.6 Å². The fourth-order valence-corrected chi connectivity index (χ4v) is 6.08. The number of nitrogens with zero attached hydrogens (tertiary/aromatic N) is 4. The zero-order valence-corrected chi connectivity index (χ0v) is 25.1. The number of hydrogen-bond donors (Lipinski definition) is 1. The second kappa shape index (κ2) is 12.1. The van der Waals surface area contributed by atoms with Gasteiger partial charge in [-0.25, -0.2) is 9.78 Å². The molecule has 0 spiro atoms. The molecule has 7 nitrogen and oxygen atoms in total. The Morgan fingerprint density at radius 2 is 1.79 bits per heavy atom. The first-order valence-electron chi connectivity index (χ1n) is 13.4. The van der Waals surface area contributed by atoms with E-state index in [-0.39, 0.29) is 12.1 Å². The van der Waals surface area contributed by atoms with Crippen LogP contribution in [-0.4, -0.2) is 52.7 Å². The number of carbonyl (C=O) groups is 1. The lowest BCUT2D eigenvalue weighted by Gasteiger charge is -2.41. The predicted octanol–water partition coefficient (Wildman–Crippen LogP) is 7.78. The van der Waals surface area contributed by atoms with Gasteiger partial charge in [-0.3, -0.25) is 0 Å². The van der Waals surface area contributed by atoms with E-state index in [9.17, 15) is 4.79 Å². The molecule has 208 valence electrons. The van der Waals surface area contributed by atoms with Crippen molar-refractivity contribution in [3.05, 3.63) is 44.5 Å². The predicted molar refractivity (Wildman–Crippen MR) is 156 cm³/mol. The highest BCUT2D eigenvalue weighted by molar-refractivity contribution is 6.35. The van der Waals surface area contributed by atoms with Crippen LogP contribution in [0, 0.1) is 18.8 Å². The number of ether oxygens (including phenoxy) is 1. The van der Waals surface area contributed by atoms with Gasteiger partial charge in [0.25, 0.3) is 0 Å². The zero-order valence-electron chi connectivity index (χ0n) is 22.9. The van der Waals surface area contributed by atoms with Gasteiger partial charge in [0.1, 0.15) is 10.6 Å². The Hall–Kier alpha value is -1.96. The van der Waals surface area contributed by atoms with Crippen molar-refractivity contribution >= 4 is 52.7 Å². The Morgan fingerprint density at radius 3 is 2.45 bits per heavy atom. The molecule has 1 N–H and O–H groups in total. The summed E-state index contributed by atoms with van der Waals surface area (Å²) in [6.07, 6.45) is 4.04. The Morgan fingerprint density at radius 1 is 1.08 bits per heavy atom. The molecule has 1 amide bonds. The average molecular weight is 583 g/mol. The minimum atomic E-state index is -0.471. The van der Waals surface area contributed by atoms with E-state index < -0.39 is 5.60 Å². The molecule has 10 heteroatoms. The van der Waals surface area contributed by atoms with E-state index in [4.69, 9.17) is 49.5 Å². The zero-order chi connectivity index (χ0) is 27.6. The fraction of sp³-hybridized carbons (Fsp3) is 0.607. The maximum absolute atomic E-state index is 12.5. The van der Waals surface area contributed by atoms with Crippen molar-refractivity contribution in [2.45, 2.75) is 71.9 Å². The van der Waals surface area contributed by atoms with Gasteiger partial charge in [0.2, 0.25) is 5.95 Å². The van der Waals surface area contributed by atoms with Gasteiger partial charge in [-0.05, 0) is 89.8 Å². The highest BCUT2D eigenvalue weighted by atomic mass is 35.5. The van der Waals surface area contributed by atoms with Crippen molar-refractivity contribution in [2.24, 2.45) is 11.8 Å². The number of likely N-dealkylation sites (tertiary alicyclic amines) is 1. The van der Waals surface area contributed by atoms with Crippen LogP contribution in [-0.2, 0) is 4.74 Å². The lowest BCUT2D eigenvalue weighted by atomic mass is 9.80. The first-order chi connectivity index (χ1) is 17.9. The molecule has 3 heterocycles. The third-order valence-corrected chi connectivity index (χ3v) is 8.40. The van der Waals surface area contributed by atoms with Gasteiger partial charge in [-0.1, -0.05) is 40.9 Å². The maximum Gasteiger partial charge on any atom is 0.410 e. The summed E-state index contributed by atoms with van der Waals surface area (Å²) < 4.78 is 5.56. The summed E-state index contributed by atoms with van der Waals surface area (Å²) in [6, 6.07) is 5.35. The van der Waals surface area contributed by atoms with Gasteiger partial charge in [-0.2, -0.15) is 4.98 Å². The molecule has 0 radical (unpaired) electrons. The topological polar surface area (TPSA) is 70.6 Å². The van der Waals surface area contributed by atoms with E-state index in [0.29, 0.717) is 38.7 Å². The van der Waals surface area contributed by atoms with E-state index in [2.05, 4.69) is 10.2 Å². The number of hydrogen-bond acceptors (Lipinski definition) is 6. The van der Waals surface area contributed by atoms with Crippen molar-refractivity contribution in [1.29, 1.82) is 0 Å². The van der Waals surface area contributed by atoms with Gasteiger partial charge in [0.15, 0.2) is 5.82 Å². The van der Waals surface area contributed by atoms with Crippen LogP contribution in [0.15, 0.2) is 18.2 Å². The SMILES string of the molecule is Cc1nc(N2CCCC(C3CCN(C(=O)OC(C)(C)C)CC3)C2)nc(N[C@H](C)c2ccc(Cl)cc2Cl)c1Cl. The third-order valence-electron chi connectivity index (χ3n) is 7.39. The van der Waals surface area contributed by atoms with Crippen molar-refractivity contribution in [1.82, 2.24) is 14.9 Å². The molecule has 0 aliphatic carbocycles. The third kappa shape index (κ3) is 7.16. The summed E-state index contributed by atoms with van der Waals surface area (Å²) in [5.41, 5.74) is 1.18. The molecule has 2 saturated heterocycles. The summed E-state index contributed by atoms with van der Waals surface area (Å²) >= 11 is 19.1. The normalized spacial score (nSPS) is 19.8. The molecule has 1 aromatic carbocycles. The second-order valence-electron chi connectivity index (χ2n) is 11.5. The molecule has 1 aromatic heterocycles. The highest BCUT2D eigenvalue weighted by Crippen LogP contribution is 2.35. The maximum atomic E-state index is 12.5. The minimum Gasteiger partial charge on any atom is -0.444 e. The summed E-state index contributed by atoms with van der Waals surface area (Å²) in [7, 11) is 0. The highest BCUT2D eigenvalue weighted by Gasteiger charge is 2.33. The summed E-state index contributed by atoms with van der Waals surface area (Å²) in [4.78, 5) is 26.2. The lowest BCUT2D eigenvalue weighted by molar-refractivity contribution is 0.0155. The number of nitrogens with one attached hydrogen (secondary N) is 1. The number of halogens is 3. The number of amides is 1. The van der Waals surface area contributed by atoms with E-state index in [0.717, 1.165) is 56.7 Å². The van der Waals surface area contributed by atoms with Crippen molar-refractivity contribution < 1.29 is 9.53 Å². The fourth-order valence-electron chi connectivity index (χ4n) is 5.37. The summed E-state index contributed by atoms with van der Waals surface area (Å²) in [5.74, 6) is 2.39. The molecule has 4 rings (SSSR count). The average Bonchev–Trinajstić information content (AvgIpc) is 2.85. The van der Waals surface area contributed by atoms with Gasteiger partial charge in [0, 0.05) is 36.2 Å². The smallest absolute Gasteiger partial charge is 0.410 e. The number of aromatic nitrogens is 2. The molecule has 0 bridgehead atoms. The summed E-state index contributed by atoms with van der Waals surface area (Å²) in [5, 5.41) is 5.12. The first-order valence-corrected chi connectivity index (χ1v) is 14.5. The van der Waals surface area contributed by atoms with Gasteiger partial charge in [0.05, 0.1) is 11.7 Å². The van der Waals surface area contributed by atoms with Crippen LogP contribution < -0.4 is 10.2 Å². The van der Waals surface area contributed by atoms with Crippen LogP contribution in [0.5, 0.6) is 0 Å². The van der Waals surface area contributed by atoms with E-state index >= 15 is 0 Å². The molecule has 2 aliphatic heterocycles. The summed E-state index contributed by atoms with van der Waals surface area (Å²) in [6.45, 7) is 12.9. The number of benzene rings is 1. The van der Waals surface area contributed by atoms with Crippen LogP contribution in [0.3, 0.4) is 0 Å². The minimum absolute atomic E-state index is 0.122. The monoisotopic (exact) mass is 581 g/mol. The Bertz CT molecular complexity index is 1150. The van der Waals surface area contributed by atoms with Crippen molar-refractivity contribution in [2.75, 3.05) is 36.4 Å². The second-order valence-corrected chi connectivity index (χ2v) is 12.7.